The van der Waals surface area contributed by atoms with Crippen molar-refractivity contribution in [3.8, 4) is 0 Å². The summed E-state index contributed by atoms with van der Waals surface area (Å²) in [5.41, 5.74) is 0.266. The number of fused-ring (bicyclic) bond motifs is 1. The Morgan fingerprint density at radius 2 is 1.64 bits per heavy atom. The van der Waals surface area contributed by atoms with Gasteiger partial charge in [-0.25, -0.2) is 4.79 Å². The molecule has 0 radical (unpaired) electrons. The number of H-pyrrole nitrogens is 1. The minimum absolute atomic E-state index is 0.0267. The molecule has 0 unspecified atom stereocenters. The summed E-state index contributed by atoms with van der Waals surface area (Å²) in [6.07, 6.45) is 0.847. The van der Waals surface area contributed by atoms with Crippen molar-refractivity contribution >= 4 is 22.6 Å². The second-order valence-corrected chi connectivity index (χ2v) is 6.83. The molecule has 1 atom stereocenters. The first kappa shape index (κ1) is 18.0. The summed E-state index contributed by atoms with van der Waals surface area (Å²) in [6.45, 7) is 1.32. The van der Waals surface area contributed by atoms with Crippen LogP contribution in [0.25, 0.3) is 10.8 Å². The molecule has 6 heteroatoms. The molecule has 0 aliphatic carbocycles. The van der Waals surface area contributed by atoms with E-state index in [0.717, 1.165) is 12.8 Å². The highest BCUT2D eigenvalue weighted by Gasteiger charge is 2.31. The number of pyridine rings is 1. The number of rotatable bonds is 4. The minimum atomic E-state index is -1.04. The van der Waals surface area contributed by atoms with Crippen LogP contribution in [0.1, 0.15) is 35.0 Å². The van der Waals surface area contributed by atoms with Gasteiger partial charge in [0.1, 0.15) is 5.69 Å². The first-order valence-corrected chi connectivity index (χ1v) is 9.30. The molecule has 142 valence electrons. The maximum atomic E-state index is 13.0. The number of ether oxygens (including phenoxy) is 1. The van der Waals surface area contributed by atoms with E-state index in [2.05, 4.69) is 4.98 Å². The van der Waals surface area contributed by atoms with Gasteiger partial charge in [0, 0.05) is 24.0 Å². The van der Waals surface area contributed by atoms with E-state index in [1.165, 1.54) is 0 Å². The molecule has 1 amide bonds. The molecule has 1 N–H and O–H groups in total. The third-order valence-corrected chi connectivity index (χ3v) is 4.94. The average Bonchev–Trinajstić information content (AvgIpc) is 3.27. The lowest BCUT2D eigenvalue weighted by Crippen LogP contribution is -2.35. The van der Waals surface area contributed by atoms with Crippen LogP contribution in [0.5, 0.6) is 0 Å². The van der Waals surface area contributed by atoms with E-state index in [-0.39, 0.29) is 17.2 Å². The van der Waals surface area contributed by atoms with Crippen molar-refractivity contribution in [3.63, 3.8) is 0 Å². The van der Waals surface area contributed by atoms with Crippen molar-refractivity contribution in [2.24, 2.45) is 0 Å². The van der Waals surface area contributed by atoms with E-state index >= 15 is 0 Å². The Kier molecular flexibility index (Phi) is 4.93. The normalized spacial score (nSPS) is 14.8. The Hall–Kier alpha value is -3.41. The van der Waals surface area contributed by atoms with Crippen LogP contribution < -0.4 is 5.56 Å². The topological polar surface area (TPSA) is 79.5 Å². The molecule has 0 saturated carbocycles. The molecule has 2 aromatic carbocycles. The molecule has 1 aliphatic heterocycles. The SMILES string of the molecule is O=C(O[C@@H](C(=O)N1CCCC1)c1ccccc1)c1cc2ccccc2c(=O)[nH]1. The summed E-state index contributed by atoms with van der Waals surface area (Å²) in [5, 5.41) is 1.13. The van der Waals surface area contributed by atoms with Crippen LogP contribution in [0.4, 0.5) is 0 Å². The molecule has 6 nitrogen and oxygen atoms in total. The van der Waals surface area contributed by atoms with Gasteiger partial charge in [-0.1, -0.05) is 48.5 Å². The average molecular weight is 376 g/mol. The van der Waals surface area contributed by atoms with E-state index in [9.17, 15) is 14.4 Å². The molecular formula is C22H20N2O4. The molecule has 4 rings (SSSR count). The van der Waals surface area contributed by atoms with Crippen LogP contribution in [-0.2, 0) is 9.53 Å². The third-order valence-electron chi connectivity index (χ3n) is 4.94. The Bertz CT molecular complexity index is 1070. The Labute approximate surface area is 161 Å². The fourth-order valence-corrected chi connectivity index (χ4v) is 3.48. The van der Waals surface area contributed by atoms with Gasteiger partial charge in [0.05, 0.1) is 0 Å². The van der Waals surface area contributed by atoms with Crippen molar-refractivity contribution in [3.05, 3.63) is 82.3 Å². The number of nitrogens with one attached hydrogen (secondary N) is 1. The number of aromatic nitrogens is 1. The van der Waals surface area contributed by atoms with Crippen molar-refractivity contribution in [1.29, 1.82) is 0 Å². The van der Waals surface area contributed by atoms with Gasteiger partial charge in [0.15, 0.2) is 0 Å². The molecule has 1 saturated heterocycles. The first-order chi connectivity index (χ1) is 13.6. The molecular weight excluding hydrogens is 356 g/mol. The van der Waals surface area contributed by atoms with Crippen LogP contribution in [0.3, 0.4) is 0 Å². The quantitative estimate of drug-likeness (QED) is 0.710. The van der Waals surface area contributed by atoms with Gasteiger partial charge in [0.25, 0.3) is 11.5 Å². The molecule has 28 heavy (non-hydrogen) atoms. The summed E-state index contributed by atoms with van der Waals surface area (Å²) in [5.74, 6) is -0.968. The highest BCUT2D eigenvalue weighted by molar-refractivity contribution is 5.95. The maximum absolute atomic E-state index is 13.0. The number of carbonyl (C=O) groups excluding carboxylic acids is 2. The number of amides is 1. The number of esters is 1. The zero-order valence-electron chi connectivity index (χ0n) is 15.3. The van der Waals surface area contributed by atoms with E-state index in [0.29, 0.717) is 29.4 Å². The van der Waals surface area contributed by atoms with Crippen molar-refractivity contribution in [2.75, 3.05) is 13.1 Å². The first-order valence-electron chi connectivity index (χ1n) is 9.30. The number of hydrogen-bond acceptors (Lipinski definition) is 4. The second kappa shape index (κ2) is 7.68. The van der Waals surface area contributed by atoms with E-state index < -0.39 is 12.1 Å². The van der Waals surface area contributed by atoms with Gasteiger partial charge in [-0.15, -0.1) is 0 Å². The fraction of sp³-hybridized carbons (Fsp3) is 0.227. The third kappa shape index (κ3) is 3.53. The Morgan fingerprint density at radius 3 is 2.39 bits per heavy atom. The zero-order chi connectivity index (χ0) is 19.5. The van der Waals surface area contributed by atoms with Crippen molar-refractivity contribution < 1.29 is 14.3 Å². The lowest BCUT2D eigenvalue weighted by Gasteiger charge is -2.23. The van der Waals surface area contributed by atoms with Crippen LogP contribution in [-0.4, -0.2) is 34.8 Å². The molecule has 3 aromatic rings. The predicted molar refractivity (Wildman–Crippen MR) is 105 cm³/mol. The molecule has 0 spiro atoms. The largest absolute Gasteiger partial charge is 0.443 e. The fourth-order valence-electron chi connectivity index (χ4n) is 3.48. The number of hydrogen-bond donors (Lipinski definition) is 1. The summed E-state index contributed by atoms with van der Waals surface area (Å²) in [7, 11) is 0. The summed E-state index contributed by atoms with van der Waals surface area (Å²) in [4.78, 5) is 42.3. The molecule has 1 fully saturated rings. The number of aromatic amines is 1. The van der Waals surface area contributed by atoms with Gasteiger partial charge >= 0.3 is 5.97 Å². The Morgan fingerprint density at radius 1 is 0.964 bits per heavy atom. The van der Waals surface area contributed by atoms with Crippen molar-refractivity contribution in [1.82, 2.24) is 9.88 Å². The smallest absolute Gasteiger partial charge is 0.355 e. The lowest BCUT2D eigenvalue weighted by molar-refractivity contribution is -0.140. The summed E-state index contributed by atoms with van der Waals surface area (Å²) in [6, 6.07) is 17.5. The molecule has 2 heterocycles. The molecule has 1 aliphatic rings. The second-order valence-electron chi connectivity index (χ2n) is 6.83. The van der Waals surface area contributed by atoms with Crippen molar-refractivity contribution in [2.45, 2.75) is 18.9 Å². The standard InChI is InChI=1S/C22H20N2O4/c25-20-17-11-5-4-10-16(17)14-18(23-20)22(27)28-19(15-8-2-1-3-9-15)21(26)24-12-6-7-13-24/h1-5,8-11,14,19H,6-7,12-13H2,(H,23,25)/t19-/m1/s1. The van der Waals surface area contributed by atoms with Crippen LogP contribution in [0, 0.1) is 0 Å². The van der Waals surface area contributed by atoms with Gasteiger partial charge in [-0.2, -0.15) is 0 Å². The lowest BCUT2D eigenvalue weighted by atomic mass is 10.1. The maximum Gasteiger partial charge on any atom is 0.355 e. The van der Waals surface area contributed by atoms with Gasteiger partial charge in [-0.3, -0.25) is 9.59 Å². The summed E-state index contributed by atoms with van der Waals surface area (Å²) < 4.78 is 5.60. The molecule has 0 bridgehead atoms. The summed E-state index contributed by atoms with van der Waals surface area (Å²) >= 11 is 0. The Balaban J connectivity index is 1.65. The zero-order valence-corrected chi connectivity index (χ0v) is 15.3. The van der Waals surface area contributed by atoms with E-state index in [1.807, 2.05) is 6.07 Å². The monoisotopic (exact) mass is 376 g/mol. The van der Waals surface area contributed by atoms with Gasteiger partial charge in [-0.05, 0) is 30.4 Å². The number of benzene rings is 2. The van der Waals surface area contributed by atoms with Crippen LogP contribution >= 0.6 is 0 Å². The predicted octanol–water partition coefficient (Wildman–Crippen LogP) is 3.05. The highest BCUT2D eigenvalue weighted by Crippen LogP contribution is 2.24. The number of nitrogens with zero attached hydrogens (tertiary/aromatic N) is 1. The number of likely N-dealkylation sites (tertiary alicyclic amines) is 1. The van der Waals surface area contributed by atoms with Crippen LogP contribution in [0.15, 0.2) is 65.5 Å². The van der Waals surface area contributed by atoms with Gasteiger partial charge < -0.3 is 14.6 Å². The van der Waals surface area contributed by atoms with Crippen LogP contribution in [0.2, 0.25) is 0 Å². The van der Waals surface area contributed by atoms with Gasteiger partial charge in [0.2, 0.25) is 6.10 Å². The highest BCUT2D eigenvalue weighted by atomic mass is 16.5. The van der Waals surface area contributed by atoms with E-state index in [1.54, 1.807) is 59.5 Å². The molecule has 1 aromatic heterocycles. The minimum Gasteiger partial charge on any atom is -0.443 e. The van der Waals surface area contributed by atoms with E-state index in [4.69, 9.17) is 4.74 Å². The number of carbonyl (C=O) groups is 2.